The molecule has 2 aromatic rings. The zero-order valence-electron chi connectivity index (χ0n) is 9.02. The molecule has 0 aliphatic rings. The number of hydrogen-bond donors (Lipinski definition) is 0. The Bertz CT molecular complexity index is 566. The summed E-state index contributed by atoms with van der Waals surface area (Å²) in [6.07, 6.45) is 2.83. The van der Waals surface area contributed by atoms with E-state index in [1.54, 1.807) is 24.3 Å². The van der Waals surface area contributed by atoms with Crippen molar-refractivity contribution in [3.8, 4) is 11.8 Å². The zero-order chi connectivity index (χ0) is 13.0. The van der Waals surface area contributed by atoms with Crippen LogP contribution in [0.4, 0.5) is 5.69 Å². The maximum atomic E-state index is 10.4. The van der Waals surface area contributed by atoms with E-state index < -0.39 is 4.92 Å². The van der Waals surface area contributed by atoms with Crippen molar-refractivity contribution in [1.82, 2.24) is 9.97 Å². The van der Waals surface area contributed by atoms with Crippen LogP contribution in [0.1, 0.15) is 10.4 Å². The summed E-state index contributed by atoms with van der Waals surface area (Å²) >= 11 is 0. The molecule has 90 valence electrons. The van der Waals surface area contributed by atoms with Crippen LogP contribution in [0.15, 0.2) is 36.7 Å². The number of nitro groups is 1. The summed E-state index contributed by atoms with van der Waals surface area (Å²) in [5.41, 5.74) is 0.311. The van der Waals surface area contributed by atoms with Gasteiger partial charge in [0, 0.05) is 5.56 Å². The van der Waals surface area contributed by atoms with E-state index in [0.717, 1.165) is 12.4 Å². The molecule has 7 nitrogen and oxygen atoms in total. The molecule has 0 aliphatic carbocycles. The lowest BCUT2D eigenvalue weighted by Gasteiger charge is -2.02. The van der Waals surface area contributed by atoms with Crippen LogP contribution in [0.5, 0.6) is 11.8 Å². The molecule has 18 heavy (non-hydrogen) atoms. The maximum Gasteiger partial charge on any atom is 0.322 e. The van der Waals surface area contributed by atoms with Crippen molar-refractivity contribution in [3.05, 3.63) is 52.3 Å². The normalized spacial score (nSPS) is 9.78. The van der Waals surface area contributed by atoms with E-state index in [9.17, 15) is 14.9 Å². The molecule has 0 saturated heterocycles. The molecule has 0 atom stereocenters. The van der Waals surface area contributed by atoms with Gasteiger partial charge in [0.25, 0.3) is 0 Å². The molecule has 0 amide bonds. The van der Waals surface area contributed by atoms with Crippen molar-refractivity contribution in [2.24, 2.45) is 0 Å². The fourth-order valence-electron chi connectivity index (χ4n) is 1.18. The third kappa shape index (κ3) is 2.64. The standard InChI is InChI=1S/C11H7N3O4/c15-7-8-1-3-10(4-2-8)18-11-12-5-9(6-13-11)14(16)17/h1-7H. The smallest absolute Gasteiger partial charge is 0.322 e. The first-order valence-electron chi connectivity index (χ1n) is 4.88. The molecule has 0 saturated carbocycles. The predicted octanol–water partition coefficient (Wildman–Crippen LogP) is 1.99. The molecule has 0 spiro atoms. The third-order valence-corrected chi connectivity index (χ3v) is 2.05. The van der Waals surface area contributed by atoms with Crippen LogP contribution in [0.2, 0.25) is 0 Å². The van der Waals surface area contributed by atoms with Gasteiger partial charge in [-0.1, -0.05) is 0 Å². The number of nitrogens with zero attached hydrogens (tertiary/aromatic N) is 3. The number of carbonyl (C=O) groups is 1. The Labute approximate surface area is 101 Å². The van der Waals surface area contributed by atoms with E-state index in [1.165, 1.54) is 0 Å². The van der Waals surface area contributed by atoms with Crippen molar-refractivity contribution >= 4 is 12.0 Å². The third-order valence-electron chi connectivity index (χ3n) is 2.05. The first-order chi connectivity index (χ1) is 8.69. The molecule has 0 N–H and O–H groups in total. The second-order valence-corrected chi connectivity index (χ2v) is 3.27. The van der Waals surface area contributed by atoms with Gasteiger partial charge in [0.1, 0.15) is 24.4 Å². The zero-order valence-corrected chi connectivity index (χ0v) is 9.02. The lowest BCUT2D eigenvalue weighted by molar-refractivity contribution is -0.385. The van der Waals surface area contributed by atoms with Crippen molar-refractivity contribution in [1.29, 1.82) is 0 Å². The summed E-state index contributed by atoms with van der Waals surface area (Å²) in [4.78, 5) is 27.6. The summed E-state index contributed by atoms with van der Waals surface area (Å²) in [7, 11) is 0. The first-order valence-corrected chi connectivity index (χ1v) is 4.88. The summed E-state index contributed by atoms with van der Waals surface area (Å²) in [5.74, 6) is 0.439. The second-order valence-electron chi connectivity index (χ2n) is 3.27. The fourth-order valence-corrected chi connectivity index (χ4v) is 1.18. The van der Waals surface area contributed by atoms with Gasteiger partial charge in [-0.25, -0.2) is 0 Å². The minimum absolute atomic E-state index is 0.000506. The molecule has 7 heteroatoms. The SMILES string of the molecule is O=Cc1ccc(Oc2ncc([N+](=O)[O-])cn2)cc1. The van der Waals surface area contributed by atoms with Gasteiger partial charge >= 0.3 is 11.7 Å². The number of rotatable bonds is 4. The Morgan fingerprint density at radius 1 is 1.17 bits per heavy atom. The van der Waals surface area contributed by atoms with Crippen LogP contribution in [-0.4, -0.2) is 21.2 Å². The van der Waals surface area contributed by atoms with Crippen LogP contribution < -0.4 is 4.74 Å². The van der Waals surface area contributed by atoms with Gasteiger partial charge < -0.3 is 4.74 Å². The topological polar surface area (TPSA) is 95.2 Å². The predicted molar refractivity (Wildman–Crippen MR) is 60.6 cm³/mol. The lowest BCUT2D eigenvalue weighted by Crippen LogP contribution is -1.94. The van der Waals surface area contributed by atoms with E-state index in [-0.39, 0.29) is 11.7 Å². The molecule has 1 aromatic heterocycles. The molecular weight excluding hydrogens is 238 g/mol. The van der Waals surface area contributed by atoms with Crippen molar-refractivity contribution in [2.75, 3.05) is 0 Å². The molecule has 2 rings (SSSR count). The Balaban J connectivity index is 2.12. The Kier molecular flexibility index (Phi) is 3.24. The number of benzene rings is 1. The summed E-state index contributed by atoms with van der Waals surface area (Å²) in [6, 6.07) is 6.31. The minimum atomic E-state index is -0.595. The molecule has 0 radical (unpaired) electrons. The molecule has 1 aromatic carbocycles. The molecule has 0 unspecified atom stereocenters. The van der Waals surface area contributed by atoms with Crippen LogP contribution in [-0.2, 0) is 0 Å². The molecular formula is C11H7N3O4. The van der Waals surface area contributed by atoms with Crippen LogP contribution >= 0.6 is 0 Å². The minimum Gasteiger partial charge on any atom is -0.424 e. The molecule has 0 fully saturated rings. The van der Waals surface area contributed by atoms with E-state index in [2.05, 4.69) is 9.97 Å². The van der Waals surface area contributed by atoms with Crippen LogP contribution in [0, 0.1) is 10.1 Å². The van der Waals surface area contributed by atoms with Crippen molar-refractivity contribution < 1.29 is 14.5 Å². The summed E-state index contributed by atoms with van der Waals surface area (Å²) < 4.78 is 5.25. The summed E-state index contributed by atoms with van der Waals surface area (Å²) in [6.45, 7) is 0. The average Bonchev–Trinajstić information content (AvgIpc) is 2.40. The van der Waals surface area contributed by atoms with Crippen LogP contribution in [0.25, 0.3) is 0 Å². The van der Waals surface area contributed by atoms with Gasteiger partial charge in [-0.2, -0.15) is 9.97 Å². The van der Waals surface area contributed by atoms with Crippen molar-refractivity contribution in [2.45, 2.75) is 0 Å². The van der Waals surface area contributed by atoms with Gasteiger partial charge in [-0.3, -0.25) is 14.9 Å². The Hall–Kier alpha value is -2.83. The number of aromatic nitrogens is 2. The average molecular weight is 245 g/mol. The molecule has 0 aliphatic heterocycles. The van der Waals surface area contributed by atoms with Crippen molar-refractivity contribution in [3.63, 3.8) is 0 Å². The lowest BCUT2D eigenvalue weighted by atomic mass is 10.2. The highest BCUT2D eigenvalue weighted by Gasteiger charge is 2.07. The number of carbonyl (C=O) groups excluding carboxylic acids is 1. The number of ether oxygens (including phenoxy) is 1. The monoisotopic (exact) mass is 245 g/mol. The Morgan fingerprint density at radius 3 is 2.28 bits per heavy atom. The van der Waals surface area contributed by atoms with Gasteiger partial charge in [-0.15, -0.1) is 0 Å². The fraction of sp³-hybridized carbons (Fsp3) is 0. The van der Waals surface area contributed by atoms with Gasteiger partial charge in [-0.05, 0) is 24.3 Å². The highest BCUT2D eigenvalue weighted by Crippen LogP contribution is 2.18. The van der Waals surface area contributed by atoms with E-state index in [0.29, 0.717) is 17.6 Å². The van der Waals surface area contributed by atoms with Crippen LogP contribution in [0.3, 0.4) is 0 Å². The second kappa shape index (κ2) is 5.00. The van der Waals surface area contributed by atoms with E-state index in [1.807, 2.05) is 0 Å². The highest BCUT2D eigenvalue weighted by atomic mass is 16.6. The Morgan fingerprint density at radius 2 is 1.78 bits per heavy atom. The highest BCUT2D eigenvalue weighted by molar-refractivity contribution is 5.74. The van der Waals surface area contributed by atoms with E-state index in [4.69, 9.17) is 4.74 Å². The van der Waals surface area contributed by atoms with Gasteiger partial charge in [0.2, 0.25) is 0 Å². The van der Waals surface area contributed by atoms with E-state index >= 15 is 0 Å². The quantitative estimate of drug-likeness (QED) is 0.464. The van der Waals surface area contributed by atoms with Gasteiger partial charge in [0.05, 0.1) is 4.92 Å². The first kappa shape index (κ1) is 11.6. The molecule has 1 heterocycles. The number of hydrogen-bond acceptors (Lipinski definition) is 6. The maximum absolute atomic E-state index is 10.4. The largest absolute Gasteiger partial charge is 0.424 e. The number of aldehydes is 1. The molecule has 0 bridgehead atoms. The summed E-state index contributed by atoms with van der Waals surface area (Å²) in [5, 5.41) is 10.4. The van der Waals surface area contributed by atoms with Gasteiger partial charge in [0.15, 0.2) is 0 Å².